The first-order valence-corrected chi connectivity index (χ1v) is 5.58. The Hall–Kier alpha value is -1.43. The van der Waals surface area contributed by atoms with Gasteiger partial charge in [0.25, 0.3) is 5.91 Å². The molecule has 16 heavy (non-hydrogen) atoms. The molecule has 1 saturated heterocycles. The first kappa shape index (κ1) is 11.1. The van der Waals surface area contributed by atoms with Crippen molar-refractivity contribution in [3.05, 3.63) is 12.2 Å². The van der Waals surface area contributed by atoms with Crippen molar-refractivity contribution in [2.45, 2.75) is 25.8 Å². The van der Waals surface area contributed by atoms with Gasteiger partial charge in [-0.1, -0.05) is 6.92 Å². The number of aromatic amines is 1. The van der Waals surface area contributed by atoms with E-state index in [0.29, 0.717) is 18.3 Å². The van der Waals surface area contributed by atoms with Crippen LogP contribution in [0.1, 0.15) is 30.4 Å². The average Bonchev–Trinajstić information content (AvgIpc) is 2.81. The second-order valence-electron chi connectivity index (χ2n) is 4.35. The van der Waals surface area contributed by atoms with Gasteiger partial charge in [-0.2, -0.15) is 5.10 Å². The third kappa shape index (κ3) is 2.06. The Balaban J connectivity index is 2.10. The minimum absolute atomic E-state index is 0.0974. The molecule has 2 atom stereocenters. The van der Waals surface area contributed by atoms with Gasteiger partial charge in [0.2, 0.25) is 5.82 Å². The highest BCUT2D eigenvalue weighted by atomic mass is 16.2. The van der Waals surface area contributed by atoms with Crippen LogP contribution in [0.15, 0.2) is 6.33 Å². The molecule has 0 saturated carbocycles. The number of hydrogen-bond donors (Lipinski definition) is 2. The van der Waals surface area contributed by atoms with Gasteiger partial charge in [0.05, 0.1) is 0 Å². The van der Waals surface area contributed by atoms with Crippen molar-refractivity contribution in [3.8, 4) is 0 Å². The Bertz CT molecular complexity index is 350. The number of hydrogen-bond acceptors (Lipinski definition) is 4. The van der Waals surface area contributed by atoms with Crippen LogP contribution in [0.2, 0.25) is 0 Å². The van der Waals surface area contributed by atoms with E-state index in [1.54, 1.807) is 4.90 Å². The van der Waals surface area contributed by atoms with Gasteiger partial charge in [0.15, 0.2) is 0 Å². The molecule has 1 aromatic heterocycles. The monoisotopic (exact) mass is 223 g/mol. The third-order valence-corrected chi connectivity index (χ3v) is 3.13. The molecule has 1 fully saturated rings. The summed E-state index contributed by atoms with van der Waals surface area (Å²) in [5, 5.41) is 6.29. The summed E-state index contributed by atoms with van der Waals surface area (Å²) in [5.41, 5.74) is 5.71. The van der Waals surface area contributed by atoms with Gasteiger partial charge in [-0.25, -0.2) is 4.98 Å². The summed E-state index contributed by atoms with van der Waals surface area (Å²) in [4.78, 5) is 17.8. The molecule has 1 amide bonds. The van der Waals surface area contributed by atoms with Gasteiger partial charge >= 0.3 is 0 Å². The molecule has 6 heteroatoms. The zero-order valence-electron chi connectivity index (χ0n) is 9.39. The molecule has 0 bridgehead atoms. The largest absolute Gasteiger partial charge is 0.332 e. The van der Waals surface area contributed by atoms with E-state index in [2.05, 4.69) is 22.1 Å². The van der Waals surface area contributed by atoms with E-state index in [9.17, 15) is 4.79 Å². The summed E-state index contributed by atoms with van der Waals surface area (Å²) < 4.78 is 0. The predicted octanol–water partition coefficient (Wildman–Crippen LogP) is 0.00410. The topological polar surface area (TPSA) is 87.9 Å². The Morgan fingerprint density at radius 1 is 1.75 bits per heavy atom. The van der Waals surface area contributed by atoms with E-state index >= 15 is 0 Å². The van der Waals surface area contributed by atoms with Crippen LogP contribution in [0.25, 0.3) is 0 Å². The SMILES string of the molecule is CC1CCN(C(=O)c2ncn[nH]2)C(CN)C1. The Kier molecular flexibility index (Phi) is 3.19. The van der Waals surface area contributed by atoms with Crippen molar-refractivity contribution in [2.24, 2.45) is 11.7 Å². The van der Waals surface area contributed by atoms with E-state index in [-0.39, 0.29) is 11.9 Å². The second kappa shape index (κ2) is 4.61. The highest BCUT2D eigenvalue weighted by molar-refractivity contribution is 5.90. The molecule has 0 spiro atoms. The Morgan fingerprint density at radius 2 is 2.56 bits per heavy atom. The molecule has 0 aliphatic carbocycles. The zero-order chi connectivity index (χ0) is 11.5. The maximum Gasteiger partial charge on any atom is 0.291 e. The standard InChI is InChI=1S/C10H17N5O/c1-7-2-3-15(8(4-7)5-11)10(16)9-12-6-13-14-9/h6-8H,2-5,11H2,1H3,(H,12,13,14). The van der Waals surface area contributed by atoms with E-state index in [4.69, 9.17) is 5.73 Å². The quantitative estimate of drug-likeness (QED) is 0.739. The molecule has 2 unspecified atom stereocenters. The van der Waals surface area contributed by atoms with Crippen molar-refractivity contribution in [3.63, 3.8) is 0 Å². The van der Waals surface area contributed by atoms with E-state index in [1.807, 2.05) is 0 Å². The lowest BCUT2D eigenvalue weighted by Gasteiger charge is -2.37. The number of aromatic nitrogens is 3. The fourth-order valence-electron chi connectivity index (χ4n) is 2.19. The Labute approximate surface area is 94.2 Å². The molecule has 3 N–H and O–H groups in total. The minimum atomic E-state index is -0.0974. The number of piperidine rings is 1. The summed E-state index contributed by atoms with van der Waals surface area (Å²) >= 11 is 0. The van der Waals surface area contributed by atoms with Crippen LogP contribution in [0.3, 0.4) is 0 Å². The highest BCUT2D eigenvalue weighted by Crippen LogP contribution is 2.22. The molecule has 1 aliphatic heterocycles. The summed E-state index contributed by atoms with van der Waals surface area (Å²) in [7, 11) is 0. The Morgan fingerprint density at radius 3 is 3.19 bits per heavy atom. The third-order valence-electron chi connectivity index (χ3n) is 3.13. The van der Waals surface area contributed by atoms with Crippen LogP contribution < -0.4 is 5.73 Å². The fraction of sp³-hybridized carbons (Fsp3) is 0.700. The minimum Gasteiger partial charge on any atom is -0.332 e. The number of H-pyrrole nitrogens is 1. The smallest absolute Gasteiger partial charge is 0.291 e. The lowest BCUT2D eigenvalue weighted by Crippen LogP contribution is -2.49. The maximum absolute atomic E-state index is 12.1. The number of nitrogens with zero attached hydrogens (tertiary/aromatic N) is 3. The van der Waals surface area contributed by atoms with E-state index in [1.165, 1.54) is 6.33 Å². The molecule has 2 heterocycles. The van der Waals surface area contributed by atoms with Crippen LogP contribution in [-0.4, -0.2) is 45.1 Å². The van der Waals surface area contributed by atoms with Gasteiger partial charge in [-0.15, -0.1) is 0 Å². The molecule has 2 rings (SSSR count). The lowest BCUT2D eigenvalue weighted by atomic mass is 9.92. The molecular weight excluding hydrogens is 206 g/mol. The van der Waals surface area contributed by atoms with Gasteiger partial charge in [0.1, 0.15) is 6.33 Å². The van der Waals surface area contributed by atoms with Gasteiger partial charge in [-0.3, -0.25) is 9.89 Å². The van der Waals surface area contributed by atoms with Crippen molar-refractivity contribution in [2.75, 3.05) is 13.1 Å². The number of amides is 1. The summed E-state index contributed by atoms with van der Waals surface area (Å²) in [6.45, 7) is 3.45. The van der Waals surface area contributed by atoms with Gasteiger partial charge in [-0.05, 0) is 18.8 Å². The van der Waals surface area contributed by atoms with Crippen molar-refractivity contribution < 1.29 is 4.79 Å². The van der Waals surface area contributed by atoms with Crippen molar-refractivity contribution in [1.29, 1.82) is 0 Å². The van der Waals surface area contributed by atoms with Crippen LogP contribution in [0.5, 0.6) is 0 Å². The van der Waals surface area contributed by atoms with Crippen LogP contribution in [-0.2, 0) is 0 Å². The van der Waals surface area contributed by atoms with Gasteiger partial charge in [0, 0.05) is 19.1 Å². The first-order chi connectivity index (χ1) is 7.72. The first-order valence-electron chi connectivity index (χ1n) is 5.58. The molecule has 1 aromatic rings. The van der Waals surface area contributed by atoms with Crippen LogP contribution in [0.4, 0.5) is 0 Å². The van der Waals surface area contributed by atoms with Crippen LogP contribution >= 0.6 is 0 Å². The van der Waals surface area contributed by atoms with Gasteiger partial charge < -0.3 is 10.6 Å². The number of nitrogens with two attached hydrogens (primary N) is 1. The zero-order valence-corrected chi connectivity index (χ0v) is 9.39. The summed E-state index contributed by atoms with van der Waals surface area (Å²) in [6.07, 6.45) is 3.34. The number of carbonyl (C=O) groups is 1. The highest BCUT2D eigenvalue weighted by Gasteiger charge is 2.30. The van der Waals surface area contributed by atoms with Crippen molar-refractivity contribution >= 4 is 5.91 Å². The molecule has 0 radical (unpaired) electrons. The predicted molar refractivity (Wildman–Crippen MR) is 58.7 cm³/mol. The summed E-state index contributed by atoms with van der Waals surface area (Å²) in [6, 6.07) is 0.126. The molecule has 1 aliphatic rings. The number of rotatable bonds is 2. The number of likely N-dealkylation sites (tertiary alicyclic amines) is 1. The normalized spacial score (nSPS) is 25.8. The van der Waals surface area contributed by atoms with E-state index in [0.717, 1.165) is 19.4 Å². The number of carbonyl (C=O) groups excluding carboxylic acids is 1. The molecule has 6 nitrogen and oxygen atoms in total. The molecule has 88 valence electrons. The maximum atomic E-state index is 12.1. The fourth-order valence-corrected chi connectivity index (χ4v) is 2.19. The van der Waals surface area contributed by atoms with Crippen molar-refractivity contribution in [1.82, 2.24) is 20.1 Å². The lowest BCUT2D eigenvalue weighted by molar-refractivity contribution is 0.0561. The second-order valence-corrected chi connectivity index (χ2v) is 4.35. The average molecular weight is 223 g/mol. The molecule has 0 aromatic carbocycles. The number of nitrogens with one attached hydrogen (secondary N) is 1. The van der Waals surface area contributed by atoms with Crippen LogP contribution in [0, 0.1) is 5.92 Å². The van der Waals surface area contributed by atoms with E-state index < -0.39 is 0 Å². The molecular formula is C10H17N5O. The summed E-state index contributed by atoms with van der Waals surface area (Å²) in [5.74, 6) is 0.833.